The molecule has 118 valence electrons. The Balaban J connectivity index is 2.11. The van der Waals surface area contributed by atoms with Gasteiger partial charge in [0, 0.05) is 18.5 Å². The largest absolute Gasteiger partial charge is 0.466 e. The van der Waals surface area contributed by atoms with Gasteiger partial charge in [-0.2, -0.15) is 0 Å². The lowest BCUT2D eigenvalue weighted by Gasteiger charge is -2.14. The van der Waals surface area contributed by atoms with Gasteiger partial charge >= 0.3 is 5.97 Å². The first-order valence-corrected chi connectivity index (χ1v) is 10.7. The minimum absolute atomic E-state index is 0.0122. The molecule has 0 radical (unpaired) electrons. The smallest absolute Gasteiger partial charge is 0.306 e. The highest BCUT2D eigenvalue weighted by molar-refractivity contribution is 9.36. The van der Waals surface area contributed by atoms with Crippen molar-refractivity contribution in [3.63, 3.8) is 0 Å². The lowest BCUT2D eigenvalue weighted by molar-refractivity contribution is -0.143. The van der Waals surface area contributed by atoms with E-state index >= 15 is 0 Å². The van der Waals surface area contributed by atoms with E-state index in [0.29, 0.717) is 32.6 Å². The number of aromatic nitrogens is 1. The first kappa shape index (κ1) is 17.2. The van der Waals surface area contributed by atoms with Crippen molar-refractivity contribution in [2.24, 2.45) is 0 Å². The number of carbonyl (C=O) groups is 1. The molecule has 0 aliphatic heterocycles. The summed E-state index contributed by atoms with van der Waals surface area (Å²) in [7, 11) is 0.629. The van der Waals surface area contributed by atoms with Gasteiger partial charge in [0.1, 0.15) is 6.26 Å². The highest BCUT2D eigenvalue weighted by Crippen LogP contribution is 2.27. The van der Waals surface area contributed by atoms with E-state index in [2.05, 4.69) is 20.5 Å². The molecular formula is C16H19BrNO3P. The van der Waals surface area contributed by atoms with Crippen molar-refractivity contribution >= 4 is 28.7 Å². The van der Waals surface area contributed by atoms with Crippen molar-refractivity contribution in [1.82, 2.24) is 4.98 Å². The number of ether oxygens (including phenoxy) is 1. The van der Waals surface area contributed by atoms with E-state index in [9.17, 15) is 4.79 Å². The Hall–Kier alpha value is -1.19. The second-order valence-electron chi connectivity index (χ2n) is 4.86. The van der Waals surface area contributed by atoms with Crippen LogP contribution in [-0.2, 0) is 22.1 Å². The van der Waals surface area contributed by atoms with Crippen molar-refractivity contribution in [3.8, 4) is 0 Å². The number of esters is 1. The third-order valence-corrected chi connectivity index (χ3v) is 4.59. The summed E-state index contributed by atoms with van der Waals surface area (Å²) < 4.78 is 10.6. The molecule has 0 bridgehead atoms. The second kappa shape index (κ2) is 9.06. The molecule has 6 heteroatoms. The summed E-state index contributed by atoms with van der Waals surface area (Å²) in [6.45, 7) is 2.21. The maximum Gasteiger partial charge on any atom is 0.306 e. The maximum atomic E-state index is 11.8. The van der Waals surface area contributed by atoms with Crippen molar-refractivity contribution in [3.05, 3.63) is 53.7 Å². The number of benzene rings is 1. The zero-order chi connectivity index (χ0) is 15.8. The van der Waals surface area contributed by atoms with Crippen LogP contribution in [0.25, 0.3) is 0 Å². The molecule has 0 saturated heterocycles. The van der Waals surface area contributed by atoms with Crippen LogP contribution in [0.5, 0.6) is 0 Å². The molecular weight excluding hydrogens is 365 g/mol. The van der Waals surface area contributed by atoms with Gasteiger partial charge in [-0.1, -0.05) is 45.8 Å². The van der Waals surface area contributed by atoms with Crippen LogP contribution in [0.3, 0.4) is 0 Å². The summed E-state index contributed by atoms with van der Waals surface area (Å²) in [6, 6.07) is 9.95. The van der Waals surface area contributed by atoms with Gasteiger partial charge in [-0.3, -0.25) is 4.79 Å². The van der Waals surface area contributed by atoms with Gasteiger partial charge in [0.15, 0.2) is 5.89 Å². The van der Waals surface area contributed by atoms with Gasteiger partial charge in [-0.25, -0.2) is 4.98 Å². The van der Waals surface area contributed by atoms with E-state index < -0.39 is 0 Å². The van der Waals surface area contributed by atoms with Crippen LogP contribution in [0, 0.1) is 0 Å². The zero-order valence-corrected chi connectivity index (χ0v) is 15.0. The Morgan fingerprint density at radius 2 is 2.18 bits per heavy atom. The fourth-order valence-electron chi connectivity index (χ4n) is 2.26. The molecule has 2 unspecified atom stereocenters. The molecule has 0 fully saturated rings. The van der Waals surface area contributed by atoms with Crippen LogP contribution in [0.4, 0.5) is 0 Å². The minimum Gasteiger partial charge on any atom is -0.466 e. The molecule has 22 heavy (non-hydrogen) atoms. The third kappa shape index (κ3) is 5.22. The van der Waals surface area contributed by atoms with Gasteiger partial charge in [0.2, 0.25) is 0 Å². The molecule has 4 nitrogen and oxygen atoms in total. The number of nitrogens with zero attached hydrogens (tertiary/aromatic N) is 1. The average Bonchev–Trinajstić information content (AvgIpc) is 2.95. The van der Waals surface area contributed by atoms with E-state index in [1.807, 2.05) is 37.3 Å². The summed E-state index contributed by atoms with van der Waals surface area (Å²) in [5, 5.41) is 0. The fraction of sp³-hybridized carbons (Fsp3) is 0.375. The van der Waals surface area contributed by atoms with Crippen LogP contribution in [-0.4, -0.2) is 17.6 Å². The summed E-state index contributed by atoms with van der Waals surface area (Å²) in [6.07, 6.45) is 3.47. The van der Waals surface area contributed by atoms with E-state index in [-0.39, 0.29) is 11.9 Å². The Morgan fingerprint density at radius 1 is 1.41 bits per heavy atom. The molecule has 0 spiro atoms. The number of oxazole rings is 1. The molecule has 1 heterocycles. The minimum atomic E-state index is -0.190. The molecule has 0 N–H and O–H groups in total. The van der Waals surface area contributed by atoms with Crippen LogP contribution < -0.4 is 0 Å². The van der Waals surface area contributed by atoms with Crippen molar-refractivity contribution in [2.45, 2.75) is 31.8 Å². The van der Waals surface area contributed by atoms with E-state index in [1.54, 1.807) is 6.26 Å². The molecule has 2 rings (SSSR count). The second-order valence-corrected chi connectivity index (χ2v) is 7.17. The summed E-state index contributed by atoms with van der Waals surface area (Å²) >= 11 is 3.42. The van der Waals surface area contributed by atoms with Crippen LogP contribution in [0.15, 0.2) is 41.0 Å². The number of halogens is 1. The molecule has 0 amide bonds. The monoisotopic (exact) mass is 383 g/mol. The zero-order valence-electron chi connectivity index (χ0n) is 12.4. The van der Waals surface area contributed by atoms with Gasteiger partial charge in [-0.05, 0) is 19.8 Å². The number of hydrogen-bond donors (Lipinski definition) is 0. The first-order chi connectivity index (χ1) is 10.7. The number of rotatable bonds is 8. The van der Waals surface area contributed by atoms with Gasteiger partial charge in [0.05, 0.1) is 18.7 Å². The topological polar surface area (TPSA) is 52.3 Å². The van der Waals surface area contributed by atoms with Crippen molar-refractivity contribution in [1.29, 1.82) is 0 Å². The van der Waals surface area contributed by atoms with Gasteiger partial charge < -0.3 is 9.15 Å². The van der Waals surface area contributed by atoms with Crippen LogP contribution >= 0.6 is 22.8 Å². The van der Waals surface area contributed by atoms with Gasteiger partial charge in [0.25, 0.3) is 0 Å². The standard InChI is InChI=1S/C16H19BrNO3P/c1-2-20-16(19)9-13(12-6-4-3-5-7-12)8-15-18-14(10-21-15)11-22-17/h3-7,10,13,22H,2,8-9,11H2,1H3. The Kier molecular flexibility index (Phi) is 7.07. The SMILES string of the molecule is CCOC(=O)CC(Cc1nc(CPBr)co1)c1ccccc1. The summed E-state index contributed by atoms with van der Waals surface area (Å²) in [5.74, 6) is 0.488. The van der Waals surface area contributed by atoms with Crippen LogP contribution in [0.1, 0.15) is 36.4 Å². The first-order valence-electron chi connectivity index (χ1n) is 7.20. The van der Waals surface area contributed by atoms with Crippen molar-refractivity contribution in [2.75, 3.05) is 6.61 Å². The molecule has 2 atom stereocenters. The molecule has 1 aromatic heterocycles. The molecule has 1 aromatic carbocycles. The normalized spacial score (nSPS) is 12.6. The quantitative estimate of drug-likeness (QED) is 0.499. The van der Waals surface area contributed by atoms with Crippen LogP contribution in [0.2, 0.25) is 0 Å². The Morgan fingerprint density at radius 3 is 2.86 bits per heavy atom. The molecule has 0 aliphatic rings. The molecule has 0 saturated carbocycles. The highest BCUT2D eigenvalue weighted by Gasteiger charge is 2.20. The predicted octanol–water partition coefficient (Wildman–Crippen LogP) is 4.44. The Bertz CT molecular complexity index is 588. The summed E-state index contributed by atoms with van der Waals surface area (Å²) in [4.78, 5) is 16.3. The molecule has 0 aliphatic carbocycles. The lowest BCUT2D eigenvalue weighted by Crippen LogP contribution is -2.12. The third-order valence-electron chi connectivity index (χ3n) is 3.26. The molecule has 2 aromatic rings. The number of hydrogen-bond acceptors (Lipinski definition) is 4. The van der Waals surface area contributed by atoms with E-state index in [0.717, 1.165) is 17.4 Å². The lowest BCUT2D eigenvalue weighted by atomic mass is 9.92. The fourth-order valence-corrected chi connectivity index (χ4v) is 3.42. The van der Waals surface area contributed by atoms with Gasteiger partial charge in [-0.15, -0.1) is 0 Å². The maximum absolute atomic E-state index is 11.8. The van der Waals surface area contributed by atoms with Crippen molar-refractivity contribution < 1.29 is 13.9 Å². The Labute approximate surface area is 140 Å². The predicted molar refractivity (Wildman–Crippen MR) is 91.6 cm³/mol. The summed E-state index contributed by atoms with van der Waals surface area (Å²) in [5.41, 5.74) is 2.03. The van der Waals surface area contributed by atoms with E-state index in [4.69, 9.17) is 9.15 Å². The van der Waals surface area contributed by atoms with E-state index in [1.165, 1.54) is 0 Å². The average molecular weight is 384 g/mol. The highest BCUT2D eigenvalue weighted by atomic mass is 79.9. The number of carbonyl (C=O) groups excluding carboxylic acids is 1.